The summed E-state index contributed by atoms with van der Waals surface area (Å²) >= 11 is 0. The molecule has 0 unspecified atom stereocenters. The van der Waals surface area contributed by atoms with Gasteiger partial charge in [-0.15, -0.1) is 0 Å². The molecule has 0 aromatic heterocycles. The second kappa shape index (κ2) is 5.91. The Bertz CT molecular complexity index is 297. The second-order valence-corrected chi connectivity index (χ2v) is 6.11. The van der Waals surface area contributed by atoms with E-state index < -0.39 is 0 Å². The minimum Gasteiger partial charge on any atom is -0.385 e. The van der Waals surface area contributed by atoms with E-state index in [2.05, 4.69) is 49.8 Å². The van der Waals surface area contributed by atoms with Gasteiger partial charge in [-0.2, -0.15) is 0 Å². The van der Waals surface area contributed by atoms with E-state index >= 15 is 0 Å². The van der Waals surface area contributed by atoms with Gasteiger partial charge in [0.05, 0.1) is 0 Å². The lowest BCUT2D eigenvalue weighted by molar-refractivity contribution is -0.0667. The highest BCUT2D eigenvalue weighted by molar-refractivity contribution is 5.82. The maximum Gasteiger partial charge on any atom is 0.194 e. The van der Waals surface area contributed by atoms with E-state index in [0.717, 1.165) is 38.6 Å². The average molecular weight is 255 g/mol. The molecule has 1 aliphatic heterocycles. The number of rotatable bonds is 5. The van der Waals surface area contributed by atoms with Crippen molar-refractivity contribution in [2.45, 2.75) is 46.6 Å². The summed E-state index contributed by atoms with van der Waals surface area (Å²) in [5, 5.41) is 3.39. The number of ether oxygens (including phenoxy) is 1. The molecule has 1 fully saturated rings. The van der Waals surface area contributed by atoms with Gasteiger partial charge in [-0.1, -0.05) is 13.8 Å². The van der Waals surface area contributed by atoms with Crippen LogP contribution in [0.5, 0.6) is 0 Å². The summed E-state index contributed by atoms with van der Waals surface area (Å²) in [5.74, 6) is 1.04. The molecule has 4 nitrogen and oxygen atoms in total. The number of likely N-dealkylation sites (tertiary alicyclic amines) is 1. The Morgan fingerprint density at radius 3 is 2.44 bits per heavy atom. The van der Waals surface area contributed by atoms with Gasteiger partial charge in [-0.05, 0) is 27.2 Å². The number of aliphatic imine (C=N–C) groups is 1. The Hall–Kier alpha value is -0.770. The lowest BCUT2D eigenvalue weighted by Crippen LogP contribution is -2.72. The van der Waals surface area contributed by atoms with Crippen molar-refractivity contribution in [2.24, 2.45) is 10.4 Å². The number of methoxy groups -OCH3 is 1. The smallest absolute Gasteiger partial charge is 0.194 e. The lowest BCUT2D eigenvalue weighted by atomic mass is 9.65. The van der Waals surface area contributed by atoms with Crippen molar-refractivity contribution < 1.29 is 4.74 Å². The molecule has 1 saturated heterocycles. The van der Waals surface area contributed by atoms with Crippen molar-refractivity contribution in [1.82, 2.24) is 10.2 Å². The second-order valence-electron chi connectivity index (χ2n) is 6.11. The molecule has 0 bridgehead atoms. The first-order valence-corrected chi connectivity index (χ1v) is 6.91. The van der Waals surface area contributed by atoms with Crippen LogP contribution in [-0.2, 0) is 4.74 Å². The highest BCUT2D eigenvalue weighted by atomic mass is 16.5. The first-order valence-electron chi connectivity index (χ1n) is 6.91. The molecule has 0 aliphatic carbocycles. The minimum absolute atomic E-state index is 0.162. The Balaban J connectivity index is 2.63. The number of hydrogen-bond acceptors (Lipinski definition) is 2. The highest BCUT2D eigenvalue weighted by Gasteiger charge is 2.53. The molecule has 4 heteroatoms. The van der Waals surface area contributed by atoms with Crippen molar-refractivity contribution >= 4 is 5.96 Å². The molecule has 0 radical (unpaired) electrons. The zero-order valence-corrected chi connectivity index (χ0v) is 12.8. The van der Waals surface area contributed by atoms with E-state index in [9.17, 15) is 0 Å². The Kier molecular flexibility index (Phi) is 5.02. The largest absolute Gasteiger partial charge is 0.385 e. The maximum absolute atomic E-state index is 5.06. The van der Waals surface area contributed by atoms with Crippen molar-refractivity contribution in [1.29, 1.82) is 0 Å². The van der Waals surface area contributed by atoms with Gasteiger partial charge in [0.25, 0.3) is 0 Å². The molecule has 1 N–H and O–H groups in total. The van der Waals surface area contributed by atoms with Crippen LogP contribution in [-0.4, -0.2) is 49.7 Å². The van der Waals surface area contributed by atoms with Crippen LogP contribution >= 0.6 is 0 Å². The highest BCUT2D eigenvalue weighted by Crippen LogP contribution is 2.46. The van der Waals surface area contributed by atoms with Gasteiger partial charge >= 0.3 is 0 Å². The summed E-state index contributed by atoms with van der Waals surface area (Å²) in [7, 11) is 1.73. The molecule has 18 heavy (non-hydrogen) atoms. The molecule has 106 valence electrons. The van der Waals surface area contributed by atoms with Crippen LogP contribution in [0.3, 0.4) is 0 Å². The molecule has 1 rings (SSSR count). The Morgan fingerprint density at radius 2 is 2.00 bits per heavy atom. The van der Waals surface area contributed by atoms with Gasteiger partial charge in [-0.3, -0.25) is 4.99 Å². The van der Waals surface area contributed by atoms with Crippen LogP contribution in [0.15, 0.2) is 4.99 Å². The number of hydrogen-bond donors (Lipinski definition) is 1. The standard InChI is InChI=1S/C14H29N3O/c1-7-15-12(16-9-8-10-18-6)17-11-13(2,3)14(17,4)5/h7-11H2,1-6H3,(H,15,16). The third kappa shape index (κ3) is 2.97. The summed E-state index contributed by atoms with van der Waals surface area (Å²) in [6, 6.07) is 0. The fourth-order valence-corrected chi connectivity index (χ4v) is 2.19. The molecule has 0 saturated carbocycles. The van der Waals surface area contributed by atoms with E-state index in [-0.39, 0.29) is 5.54 Å². The first kappa shape index (κ1) is 15.3. The van der Waals surface area contributed by atoms with Gasteiger partial charge in [0.15, 0.2) is 5.96 Å². The summed E-state index contributed by atoms with van der Waals surface area (Å²) in [6.07, 6.45) is 0.975. The topological polar surface area (TPSA) is 36.9 Å². The summed E-state index contributed by atoms with van der Waals surface area (Å²) in [6.45, 7) is 14.9. The van der Waals surface area contributed by atoms with E-state index in [1.54, 1.807) is 7.11 Å². The van der Waals surface area contributed by atoms with Gasteiger partial charge in [0, 0.05) is 44.3 Å². The van der Waals surface area contributed by atoms with E-state index in [1.165, 1.54) is 0 Å². The van der Waals surface area contributed by atoms with E-state index in [0.29, 0.717) is 5.41 Å². The van der Waals surface area contributed by atoms with E-state index in [4.69, 9.17) is 4.74 Å². The molecule has 0 amide bonds. The molecule has 0 aromatic carbocycles. The van der Waals surface area contributed by atoms with Crippen molar-refractivity contribution in [3.8, 4) is 0 Å². The SMILES string of the molecule is CCNC(=NCCCOC)N1CC(C)(C)C1(C)C. The van der Waals surface area contributed by atoms with Crippen LogP contribution in [0, 0.1) is 5.41 Å². The van der Waals surface area contributed by atoms with Crippen molar-refractivity contribution in [2.75, 3.05) is 33.4 Å². The summed E-state index contributed by atoms with van der Waals surface area (Å²) in [5.41, 5.74) is 0.505. The van der Waals surface area contributed by atoms with Crippen LogP contribution < -0.4 is 5.32 Å². The first-order chi connectivity index (χ1) is 8.36. The summed E-state index contributed by atoms with van der Waals surface area (Å²) < 4.78 is 5.06. The molecular formula is C14H29N3O. The van der Waals surface area contributed by atoms with E-state index in [1.807, 2.05) is 0 Å². The van der Waals surface area contributed by atoms with Gasteiger partial charge in [0.2, 0.25) is 0 Å². The van der Waals surface area contributed by atoms with Crippen LogP contribution in [0.1, 0.15) is 41.0 Å². The number of nitrogens with zero attached hydrogens (tertiary/aromatic N) is 2. The normalized spacial score (nSPS) is 21.7. The van der Waals surface area contributed by atoms with Crippen LogP contribution in [0.25, 0.3) is 0 Å². The van der Waals surface area contributed by atoms with Gasteiger partial charge < -0.3 is 15.0 Å². The Morgan fingerprint density at radius 1 is 1.33 bits per heavy atom. The molecule has 0 spiro atoms. The fraction of sp³-hybridized carbons (Fsp3) is 0.929. The third-order valence-corrected chi connectivity index (χ3v) is 4.24. The summed E-state index contributed by atoms with van der Waals surface area (Å²) in [4.78, 5) is 7.06. The number of nitrogens with one attached hydrogen (secondary N) is 1. The quantitative estimate of drug-likeness (QED) is 0.464. The third-order valence-electron chi connectivity index (χ3n) is 4.24. The monoisotopic (exact) mass is 255 g/mol. The predicted molar refractivity (Wildman–Crippen MR) is 77.0 cm³/mol. The zero-order valence-electron chi connectivity index (χ0n) is 12.8. The van der Waals surface area contributed by atoms with Crippen LogP contribution in [0.4, 0.5) is 0 Å². The van der Waals surface area contributed by atoms with Gasteiger partial charge in [-0.25, -0.2) is 0 Å². The van der Waals surface area contributed by atoms with Crippen LogP contribution in [0.2, 0.25) is 0 Å². The number of guanidine groups is 1. The lowest BCUT2D eigenvalue weighted by Gasteiger charge is -2.62. The molecule has 0 atom stereocenters. The zero-order chi connectivity index (χ0) is 13.8. The molecule has 1 heterocycles. The molecular weight excluding hydrogens is 226 g/mol. The fourth-order valence-electron chi connectivity index (χ4n) is 2.19. The molecule has 1 aliphatic rings. The Labute approximate surface area is 112 Å². The maximum atomic E-state index is 5.06. The van der Waals surface area contributed by atoms with Crippen molar-refractivity contribution in [3.05, 3.63) is 0 Å². The molecule has 0 aromatic rings. The predicted octanol–water partition coefficient (Wildman–Crippen LogP) is 2.11. The minimum atomic E-state index is 0.162. The van der Waals surface area contributed by atoms with Gasteiger partial charge in [0.1, 0.15) is 0 Å². The average Bonchev–Trinajstić information content (AvgIpc) is 2.30. The van der Waals surface area contributed by atoms with Crippen molar-refractivity contribution in [3.63, 3.8) is 0 Å².